The smallest absolute Gasteiger partial charge is 0.115 e. The summed E-state index contributed by atoms with van der Waals surface area (Å²) in [5.74, 6) is 1.71. The minimum atomic E-state index is -0.121. The molecule has 2 heteroatoms. The molecule has 0 aliphatic heterocycles. The van der Waals surface area contributed by atoms with E-state index >= 15 is 0 Å². The number of phenols is 1. The van der Waals surface area contributed by atoms with E-state index in [1.165, 1.54) is 30.4 Å². The van der Waals surface area contributed by atoms with Gasteiger partial charge in [0.2, 0.25) is 0 Å². The Morgan fingerprint density at radius 2 is 1.81 bits per heavy atom. The van der Waals surface area contributed by atoms with Crippen LogP contribution in [0.1, 0.15) is 63.0 Å². The summed E-state index contributed by atoms with van der Waals surface area (Å²) in [4.78, 5) is 0. The van der Waals surface area contributed by atoms with Gasteiger partial charge >= 0.3 is 0 Å². The minimum absolute atomic E-state index is 0.0998. The van der Waals surface area contributed by atoms with E-state index in [0.29, 0.717) is 17.6 Å². The quantitative estimate of drug-likeness (QED) is 0.757. The van der Waals surface area contributed by atoms with E-state index < -0.39 is 0 Å². The van der Waals surface area contributed by atoms with E-state index in [1.54, 1.807) is 0 Å². The molecule has 1 aromatic rings. The molecule has 0 spiro atoms. The molecule has 21 heavy (non-hydrogen) atoms. The lowest BCUT2D eigenvalue weighted by molar-refractivity contribution is -0.0832. The number of phenolic OH excluding ortho intramolecular Hbond substituents is 1. The summed E-state index contributed by atoms with van der Waals surface area (Å²) in [6, 6.07) is 5.96. The molecule has 0 saturated heterocycles. The maximum atomic E-state index is 10.5. The van der Waals surface area contributed by atoms with Crippen LogP contribution in [0.4, 0.5) is 0 Å². The van der Waals surface area contributed by atoms with E-state index in [9.17, 15) is 10.2 Å². The molecule has 1 aromatic carbocycles. The van der Waals surface area contributed by atoms with Crippen molar-refractivity contribution in [1.82, 2.24) is 0 Å². The fraction of sp³-hybridized carbons (Fsp3) is 0.684. The van der Waals surface area contributed by atoms with Gasteiger partial charge in [0, 0.05) is 0 Å². The SMILES string of the molecule is C[C@@]12CC[C@H](O)[C@@]1(C)CC[C@@H]1c3ccc(O)cc3CC[C@H]12. The Hall–Kier alpha value is -1.02. The topological polar surface area (TPSA) is 40.5 Å². The molecule has 5 atom stereocenters. The monoisotopic (exact) mass is 286 g/mol. The number of aliphatic hydroxyl groups is 1. The summed E-state index contributed by atoms with van der Waals surface area (Å²) < 4.78 is 0. The van der Waals surface area contributed by atoms with Gasteiger partial charge < -0.3 is 10.2 Å². The third kappa shape index (κ3) is 1.63. The van der Waals surface area contributed by atoms with Crippen LogP contribution in [0.15, 0.2) is 18.2 Å². The highest BCUT2D eigenvalue weighted by Crippen LogP contribution is 2.67. The number of aliphatic hydroxyl groups excluding tert-OH is 1. The summed E-state index contributed by atoms with van der Waals surface area (Å²) in [6.07, 6.45) is 6.62. The van der Waals surface area contributed by atoms with Crippen LogP contribution >= 0.6 is 0 Å². The van der Waals surface area contributed by atoms with Gasteiger partial charge in [-0.3, -0.25) is 0 Å². The van der Waals surface area contributed by atoms with Crippen molar-refractivity contribution in [1.29, 1.82) is 0 Å². The first-order valence-corrected chi connectivity index (χ1v) is 8.45. The Kier molecular flexibility index (Phi) is 2.76. The molecule has 2 nitrogen and oxygen atoms in total. The minimum Gasteiger partial charge on any atom is -0.508 e. The summed E-state index contributed by atoms with van der Waals surface area (Å²) in [6.45, 7) is 4.76. The highest BCUT2D eigenvalue weighted by atomic mass is 16.3. The lowest BCUT2D eigenvalue weighted by atomic mass is 9.48. The molecular weight excluding hydrogens is 260 g/mol. The van der Waals surface area contributed by atoms with Crippen molar-refractivity contribution in [3.05, 3.63) is 29.3 Å². The van der Waals surface area contributed by atoms with Crippen molar-refractivity contribution in [2.45, 2.75) is 64.4 Å². The van der Waals surface area contributed by atoms with Crippen LogP contribution < -0.4 is 0 Å². The van der Waals surface area contributed by atoms with Crippen molar-refractivity contribution in [3.8, 4) is 5.75 Å². The van der Waals surface area contributed by atoms with E-state index in [1.807, 2.05) is 12.1 Å². The van der Waals surface area contributed by atoms with E-state index in [2.05, 4.69) is 19.9 Å². The van der Waals surface area contributed by atoms with Gasteiger partial charge in [-0.05, 0) is 84.5 Å². The summed E-state index contributed by atoms with van der Waals surface area (Å²) in [7, 11) is 0. The Labute approximate surface area is 127 Å². The Morgan fingerprint density at radius 1 is 1.05 bits per heavy atom. The molecule has 0 bridgehead atoms. The third-order valence-corrected chi connectivity index (χ3v) is 7.51. The van der Waals surface area contributed by atoms with Gasteiger partial charge in [0.05, 0.1) is 6.10 Å². The fourth-order valence-electron chi connectivity index (χ4n) is 5.96. The van der Waals surface area contributed by atoms with Crippen LogP contribution in [-0.4, -0.2) is 16.3 Å². The number of rotatable bonds is 0. The molecule has 0 heterocycles. The van der Waals surface area contributed by atoms with Crippen molar-refractivity contribution < 1.29 is 10.2 Å². The molecule has 3 aliphatic rings. The molecular formula is C19H26O2. The highest BCUT2D eigenvalue weighted by molar-refractivity contribution is 5.40. The van der Waals surface area contributed by atoms with Gasteiger partial charge in [-0.1, -0.05) is 19.9 Å². The standard InChI is InChI=1S/C19H26O2/c1-18-10-8-17(21)19(18,2)9-7-15-14-5-4-13(20)11-12(14)3-6-16(15)18/h4-5,11,15-17,20-21H,3,6-10H2,1-2H3/t15-,16-,17+,18+,19-/m1/s1. The van der Waals surface area contributed by atoms with Crippen LogP contribution in [0.25, 0.3) is 0 Å². The predicted octanol–water partition coefficient (Wildman–Crippen LogP) is 4.00. The van der Waals surface area contributed by atoms with Crippen LogP contribution in [0.3, 0.4) is 0 Å². The zero-order valence-electron chi connectivity index (χ0n) is 13.1. The molecule has 0 aromatic heterocycles. The van der Waals surface area contributed by atoms with E-state index in [4.69, 9.17) is 0 Å². The molecule has 0 unspecified atom stereocenters. The fourth-order valence-corrected chi connectivity index (χ4v) is 5.96. The third-order valence-electron chi connectivity index (χ3n) is 7.51. The number of hydrogen-bond donors (Lipinski definition) is 2. The van der Waals surface area contributed by atoms with E-state index in [-0.39, 0.29) is 16.9 Å². The van der Waals surface area contributed by atoms with Crippen molar-refractivity contribution >= 4 is 0 Å². The summed E-state index contributed by atoms with van der Waals surface area (Å²) in [5.41, 5.74) is 3.18. The number of benzene rings is 1. The van der Waals surface area contributed by atoms with Gasteiger partial charge in [0.1, 0.15) is 5.75 Å². The van der Waals surface area contributed by atoms with Crippen molar-refractivity contribution in [3.63, 3.8) is 0 Å². The average Bonchev–Trinajstić information content (AvgIpc) is 2.71. The number of fused-ring (bicyclic) bond motifs is 5. The maximum Gasteiger partial charge on any atom is 0.115 e. The maximum absolute atomic E-state index is 10.5. The second-order valence-corrected chi connectivity index (χ2v) is 8.06. The molecule has 0 amide bonds. The Balaban J connectivity index is 1.77. The normalized spacial score (nSPS) is 44.8. The number of hydrogen-bond acceptors (Lipinski definition) is 2. The molecule has 2 N–H and O–H groups in total. The van der Waals surface area contributed by atoms with Crippen LogP contribution in [-0.2, 0) is 6.42 Å². The first-order chi connectivity index (χ1) is 9.96. The van der Waals surface area contributed by atoms with Gasteiger partial charge in [0.25, 0.3) is 0 Å². The summed E-state index contributed by atoms with van der Waals surface area (Å²) >= 11 is 0. The molecule has 2 fully saturated rings. The second kappa shape index (κ2) is 4.25. The zero-order chi connectivity index (χ0) is 14.8. The molecule has 2 saturated carbocycles. The average molecular weight is 286 g/mol. The Bertz CT molecular complexity index is 581. The van der Waals surface area contributed by atoms with Gasteiger partial charge in [-0.25, -0.2) is 0 Å². The number of aryl methyl sites for hydroxylation is 1. The van der Waals surface area contributed by atoms with Gasteiger partial charge in [-0.2, -0.15) is 0 Å². The highest BCUT2D eigenvalue weighted by Gasteiger charge is 2.61. The first kappa shape index (κ1) is 13.6. The second-order valence-electron chi connectivity index (χ2n) is 8.06. The largest absolute Gasteiger partial charge is 0.508 e. The number of aromatic hydroxyl groups is 1. The first-order valence-electron chi connectivity index (χ1n) is 8.45. The predicted molar refractivity (Wildman–Crippen MR) is 83.3 cm³/mol. The van der Waals surface area contributed by atoms with Gasteiger partial charge in [0.15, 0.2) is 0 Å². The Morgan fingerprint density at radius 3 is 2.62 bits per heavy atom. The van der Waals surface area contributed by atoms with E-state index in [0.717, 1.165) is 19.3 Å². The van der Waals surface area contributed by atoms with Crippen LogP contribution in [0.5, 0.6) is 5.75 Å². The molecule has 4 rings (SSSR count). The molecule has 3 aliphatic carbocycles. The lowest BCUT2D eigenvalue weighted by Crippen LogP contribution is -2.50. The molecule has 114 valence electrons. The zero-order valence-corrected chi connectivity index (χ0v) is 13.1. The van der Waals surface area contributed by atoms with Crippen molar-refractivity contribution in [2.24, 2.45) is 16.7 Å². The summed E-state index contributed by atoms with van der Waals surface area (Å²) in [5, 5.41) is 20.3. The molecule has 0 radical (unpaired) electrons. The van der Waals surface area contributed by atoms with Crippen LogP contribution in [0.2, 0.25) is 0 Å². The van der Waals surface area contributed by atoms with Gasteiger partial charge in [-0.15, -0.1) is 0 Å². The van der Waals surface area contributed by atoms with Crippen LogP contribution in [0, 0.1) is 16.7 Å². The van der Waals surface area contributed by atoms with Crippen molar-refractivity contribution in [2.75, 3.05) is 0 Å². The lowest BCUT2D eigenvalue weighted by Gasteiger charge is -2.57.